The van der Waals surface area contributed by atoms with Crippen LogP contribution in [0.4, 0.5) is 5.95 Å². The van der Waals surface area contributed by atoms with Crippen molar-refractivity contribution in [1.82, 2.24) is 15.2 Å². The van der Waals surface area contributed by atoms with Gasteiger partial charge in [-0.15, -0.1) is 21.5 Å². The molecule has 0 saturated carbocycles. The van der Waals surface area contributed by atoms with E-state index in [0.29, 0.717) is 10.8 Å². The third-order valence-corrected chi connectivity index (χ3v) is 2.26. The van der Waals surface area contributed by atoms with Crippen LogP contribution in [0.2, 0.25) is 0 Å². The van der Waals surface area contributed by atoms with Gasteiger partial charge >= 0.3 is 0 Å². The molecule has 0 saturated heterocycles. The molecule has 66 valence electrons. The minimum Gasteiger partial charge on any atom is -0.314 e. The molecule has 0 aliphatic carbocycles. The lowest BCUT2D eigenvalue weighted by Crippen LogP contribution is -2.11. The van der Waals surface area contributed by atoms with E-state index in [1.54, 1.807) is 6.07 Å². The van der Waals surface area contributed by atoms with Gasteiger partial charge in [0.05, 0.1) is 4.88 Å². The number of amides is 1. The number of aromatic nitrogens is 3. The summed E-state index contributed by atoms with van der Waals surface area (Å²) in [6.07, 6.45) is 1.41. The topological polar surface area (TPSA) is 70.7 Å². The Morgan fingerprint density at radius 3 is 3.15 bits per heavy atom. The predicted molar refractivity (Wildman–Crippen MR) is 48.7 cm³/mol. The highest BCUT2D eigenvalue weighted by atomic mass is 32.1. The van der Waals surface area contributed by atoms with Crippen molar-refractivity contribution in [3.05, 3.63) is 28.7 Å². The molecule has 0 atom stereocenters. The van der Waals surface area contributed by atoms with Crippen LogP contribution in [0.15, 0.2) is 23.8 Å². The molecule has 6 heteroatoms. The number of hydrogen-bond acceptors (Lipinski definition) is 4. The van der Waals surface area contributed by atoms with Crippen LogP contribution in [0.5, 0.6) is 0 Å². The zero-order valence-electron chi connectivity index (χ0n) is 6.52. The lowest BCUT2D eigenvalue weighted by Gasteiger charge is -1.96. The van der Waals surface area contributed by atoms with Crippen LogP contribution < -0.4 is 5.32 Å². The van der Waals surface area contributed by atoms with Crippen LogP contribution in [-0.2, 0) is 0 Å². The van der Waals surface area contributed by atoms with Crippen molar-refractivity contribution >= 4 is 23.2 Å². The number of hydrogen-bond donors (Lipinski definition) is 2. The summed E-state index contributed by atoms with van der Waals surface area (Å²) in [6, 6.07) is 3.57. The minimum absolute atomic E-state index is 0.174. The average molecular weight is 194 g/mol. The van der Waals surface area contributed by atoms with E-state index < -0.39 is 0 Å². The normalized spacial score (nSPS) is 9.85. The highest BCUT2D eigenvalue weighted by Gasteiger charge is 2.07. The lowest BCUT2D eigenvalue weighted by atomic mass is 10.4. The molecule has 0 aromatic carbocycles. The first-order chi connectivity index (χ1) is 6.36. The Morgan fingerprint density at radius 1 is 1.62 bits per heavy atom. The van der Waals surface area contributed by atoms with E-state index in [4.69, 9.17) is 0 Å². The van der Waals surface area contributed by atoms with Gasteiger partial charge in [0.1, 0.15) is 6.33 Å². The van der Waals surface area contributed by atoms with Gasteiger partial charge in [-0.05, 0) is 11.4 Å². The largest absolute Gasteiger partial charge is 0.314 e. The fourth-order valence-electron chi connectivity index (χ4n) is 0.843. The van der Waals surface area contributed by atoms with Gasteiger partial charge in [-0.3, -0.25) is 10.1 Å². The van der Waals surface area contributed by atoms with Gasteiger partial charge in [-0.25, -0.2) is 0 Å². The molecule has 1 amide bonds. The molecule has 2 aromatic heterocycles. The van der Waals surface area contributed by atoms with Gasteiger partial charge in [0.2, 0.25) is 5.95 Å². The number of carbonyl (C=O) groups is 1. The first-order valence-electron chi connectivity index (χ1n) is 3.57. The Balaban J connectivity index is 2.08. The summed E-state index contributed by atoms with van der Waals surface area (Å²) in [4.78, 5) is 14.7. The van der Waals surface area contributed by atoms with E-state index in [-0.39, 0.29) is 5.91 Å². The second-order valence-electron chi connectivity index (χ2n) is 2.27. The van der Waals surface area contributed by atoms with Gasteiger partial charge in [0.15, 0.2) is 0 Å². The number of aromatic amines is 1. The zero-order chi connectivity index (χ0) is 9.10. The van der Waals surface area contributed by atoms with Crippen LogP contribution >= 0.6 is 11.3 Å². The van der Waals surface area contributed by atoms with Crippen molar-refractivity contribution in [2.75, 3.05) is 5.32 Å². The molecule has 0 aliphatic rings. The highest BCUT2D eigenvalue weighted by molar-refractivity contribution is 7.12. The van der Waals surface area contributed by atoms with Gasteiger partial charge in [0.25, 0.3) is 5.91 Å². The van der Waals surface area contributed by atoms with Crippen molar-refractivity contribution in [3.8, 4) is 0 Å². The standard InChI is InChI=1S/C7H6N4OS/c12-6(5-2-1-3-13-5)10-7-8-4-9-11-7/h1-4H,(H2,8,9,10,11,12). The molecule has 2 N–H and O–H groups in total. The summed E-state index contributed by atoms with van der Waals surface area (Å²) in [6.45, 7) is 0. The number of thiophene rings is 1. The summed E-state index contributed by atoms with van der Waals surface area (Å²) in [5.74, 6) is 0.185. The summed E-state index contributed by atoms with van der Waals surface area (Å²) in [5, 5.41) is 11.6. The summed E-state index contributed by atoms with van der Waals surface area (Å²) in [5.41, 5.74) is 0. The van der Waals surface area contributed by atoms with Gasteiger partial charge in [-0.1, -0.05) is 6.07 Å². The van der Waals surface area contributed by atoms with E-state index >= 15 is 0 Å². The Hall–Kier alpha value is -1.69. The Bertz CT molecular complexity index is 381. The molecule has 2 heterocycles. The van der Waals surface area contributed by atoms with E-state index in [2.05, 4.69) is 20.5 Å². The van der Waals surface area contributed by atoms with E-state index in [9.17, 15) is 4.79 Å². The minimum atomic E-state index is -0.174. The SMILES string of the molecule is O=C(Nc1nnc[nH]1)c1cccs1. The lowest BCUT2D eigenvalue weighted by molar-refractivity contribution is 0.102. The van der Waals surface area contributed by atoms with Gasteiger partial charge < -0.3 is 4.98 Å². The van der Waals surface area contributed by atoms with Crippen LogP contribution in [-0.4, -0.2) is 21.1 Å². The maximum atomic E-state index is 11.4. The second-order valence-corrected chi connectivity index (χ2v) is 3.22. The summed E-state index contributed by atoms with van der Waals surface area (Å²) >= 11 is 1.38. The van der Waals surface area contributed by atoms with E-state index in [1.165, 1.54) is 17.7 Å². The molecule has 0 radical (unpaired) electrons. The summed E-state index contributed by atoms with van der Waals surface area (Å²) < 4.78 is 0. The van der Waals surface area contributed by atoms with Crippen LogP contribution in [0, 0.1) is 0 Å². The highest BCUT2D eigenvalue weighted by Crippen LogP contribution is 2.09. The number of nitrogens with zero attached hydrogens (tertiary/aromatic N) is 2. The van der Waals surface area contributed by atoms with E-state index in [1.807, 2.05) is 11.4 Å². The number of carbonyl (C=O) groups excluding carboxylic acids is 1. The first kappa shape index (κ1) is 7.93. The van der Waals surface area contributed by atoms with E-state index in [0.717, 1.165) is 0 Å². The molecular formula is C7H6N4OS. The summed E-state index contributed by atoms with van der Waals surface area (Å²) in [7, 11) is 0. The van der Waals surface area contributed by atoms with Gasteiger partial charge in [-0.2, -0.15) is 0 Å². The maximum absolute atomic E-state index is 11.4. The monoisotopic (exact) mass is 194 g/mol. The Kier molecular flexibility index (Phi) is 2.05. The van der Waals surface area contributed by atoms with Crippen LogP contribution in [0.3, 0.4) is 0 Å². The third kappa shape index (κ3) is 1.73. The van der Waals surface area contributed by atoms with Crippen LogP contribution in [0.25, 0.3) is 0 Å². The van der Waals surface area contributed by atoms with Crippen molar-refractivity contribution in [2.45, 2.75) is 0 Å². The quantitative estimate of drug-likeness (QED) is 0.752. The van der Waals surface area contributed by atoms with Crippen molar-refractivity contribution < 1.29 is 4.79 Å². The molecule has 13 heavy (non-hydrogen) atoms. The molecule has 0 spiro atoms. The van der Waals surface area contributed by atoms with Gasteiger partial charge in [0, 0.05) is 0 Å². The molecule has 0 aliphatic heterocycles. The molecule has 5 nitrogen and oxygen atoms in total. The van der Waals surface area contributed by atoms with Crippen molar-refractivity contribution in [1.29, 1.82) is 0 Å². The molecular weight excluding hydrogens is 188 g/mol. The number of H-pyrrole nitrogens is 1. The number of rotatable bonds is 2. The van der Waals surface area contributed by atoms with Crippen LogP contribution in [0.1, 0.15) is 9.67 Å². The smallest absolute Gasteiger partial charge is 0.268 e. The molecule has 2 rings (SSSR count). The molecule has 0 bridgehead atoms. The van der Waals surface area contributed by atoms with Crippen molar-refractivity contribution in [3.63, 3.8) is 0 Å². The fourth-order valence-corrected chi connectivity index (χ4v) is 1.46. The average Bonchev–Trinajstić information content (AvgIpc) is 2.74. The maximum Gasteiger partial charge on any atom is 0.268 e. The predicted octanol–water partition coefficient (Wildman–Crippen LogP) is 1.12. The number of nitrogens with one attached hydrogen (secondary N) is 2. The second kappa shape index (κ2) is 3.36. The Labute approximate surface area is 77.8 Å². The molecule has 2 aromatic rings. The van der Waals surface area contributed by atoms with Crippen molar-refractivity contribution in [2.24, 2.45) is 0 Å². The number of anilines is 1. The zero-order valence-corrected chi connectivity index (χ0v) is 7.34. The molecule has 0 unspecified atom stereocenters. The first-order valence-corrected chi connectivity index (χ1v) is 4.45. The molecule has 0 fully saturated rings. The fraction of sp³-hybridized carbons (Fsp3) is 0. The Morgan fingerprint density at radius 2 is 2.54 bits per heavy atom. The third-order valence-electron chi connectivity index (χ3n) is 1.39.